The molecule has 1 atom stereocenters. The van der Waals surface area contributed by atoms with Crippen molar-refractivity contribution < 1.29 is 6.22 Å². The lowest BCUT2D eigenvalue weighted by atomic mass is 10.2. The number of carbonyl (C=O) groups excluding carboxylic acids is 1. The Bertz CT molecular complexity index is 218. The highest BCUT2D eigenvalue weighted by molar-refractivity contribution is 5.75. The fourth-order valence-electron chi connectivity index (χ4n) is 1.95. The molecule has 1 heterocycles. The van der Waals surface area contributed by atoms with E-state index in [1.807, 2.05) is 6.92 Å². The van der Waals surface area contributed by atoms with Crippen molar-refractivity contribution in [2.45, 2.75) is 32.7 Å². The van der Waals surface area contributed by atoms with Gasteiger partial charge in [-0.25, -0.2) is 0 Å². The maximum Gasteiger partial charge on any atom is 0.219 e. The van der Waals surface area contributed by atoms with Crippen LogP contribution < -0.4 is 5.32 Å². The van der Waals surface area contributed by atoms with E-state index in [4.69, 9.17) is 0 Å². The van der Waals surface area contributed by atoms with E-state index >= 15 is 0 Å². The number of amides is 1. The van der Waals surface area contributed by atoms with Crippen LogP contribution in [0.5, 0.6) is 0 Å². The Hall–Kier alpha value is -0.610. The van der Waals surface area contributed by atoms with Crippen LogP contribution in [-0.2, 0) is 4.79 Å². The molecule has 1 saturated heterocycles. The zero-order valence-electron chi connectivity index (χ0n) is 10.8. The topological polar surface area (TPSA) is 35.6 Å². The summed E-state index contributed by atoms with van der Waals surface area (Å²) in [4.78, 5) is 16.1. The summed E-state index contributed by atoms with van der Waals surface area (Å²) in [6.07, 6.45) is 1.59. The highest BCUT2D eigenvalue weighted by Crippen LogP contribution is 2.02. The Morgan fingerprint density at radius 2 is 1.94 bits per heavy atom. The third kappa shape index (κ3) is 4.49. The van der Waals surface area contributed by atoms with Crippen LogP contribution in [0.3, 0.4) is 0 Å². The van der Waals surface area contributed by atoms with Gasteiger partial charge in [-0.2, -0.15) is 0 Å². The van der Waals surface area contributed by atoms with Crippen LogP contribution in [0, 0.1) is 0 Å². The normalized spacial score (nSPS) is 20.7. The SMILES string of the molecule is CCC(=O)N[C@H](CC)CN1CCN(C)CC1.[HH]. The van der Waals surface area contributed by atoms with Gasteiger partial charge in [0, 0.05) is 46.6 Å². The molecule has 0 aromatic heterocycles. The summed E-state index contributed by atoms with van der Waals surface area (Å²) in [6, 6.07) is 0.316. The Labute approximate surface area is 100 Å². The first-order valence-electron chi connectivity index (χ1n) is 6.36. The molecule has 0 bridgehead atoms. The van der Waals surface area contributed by atoms with Crippen LogP contribution in [0.15, 0.2) is 0 Å². The van der Waals surface area contributed by atoms with Crippen LogP contribution in [0.4, 0.5) is 0 Å². The fourth-order valence-corrected chi connectivity index (χ4v) is 1.95. The summed E-state index contributed by atoms with van der Waals surface area (Å²) in [5.41, 5.74) is 0. The molecule has 0 aliphatic carbocycles. The van der Waals surface area contributed by atoms with Crippen molar-refractivity contribution in [1.29, 1.82) is 0 Å². The van der Waals surface area contributed by atoms with Gasteiger partial charge in [0.25, 0.3) is 0 Å². The Morgan fingerprint density at radius 1 is 1.31 bits per heavy atom. The second kappa shape index (κ2) is 6.86. The lowest BCUT2D eigenvalue weighted by molar-refractivity contribution is -0.121. The van der Waals surface area contributed by atoms with Gasteiger partial charge in [0.05, 0.1) is 0 Å². The number of hydrogen-bond acceptors (Lipinski definition) is 3. The van der Waals surface area contributed by atoms with Crippen LogP contribution in [0.2, 0.25) is 0 Å². The van der Waals surface area contributed by atoms with Gasteiger partial charge in [0.15, 0.2) is 0 Å². The number of nitrogens with zero attached hydrogens (tertiary/aromatic N) is 2. The highest BCUT2D eigenvalue weighted by Gasteiger charge is 2.18. The Morgan fingerprint density at radius 3 is 2.44 bits per heavy atom. The first-order chi connectivity index (χ1) is 7.65. The van der Waals surface area contributed by atoms with Crippen molar-refractivity contribution in [2.75, 3.05) is 39.8 Å². The molecule has 0 saturated carbocycles. The van der Waals surface area contributed by atoms with Gasteiger partial charge in [-0.3, -0.25) is 9.69 Å². The van der Waals surface area contributed by atoms with Gasteiger partial charge in [-0.05, 0) is 13.5 Å². The average molecular weight is 229 g/mol. The molecular formula is C12H27N3O. The summed E-state index contributed by atoms with van der Waals surface area (Å²) in [5.74, 6) is 0.168. The van der Waals surface area contributed by atoms with Crippen molar-refractivity contribution >= 4 is 5.91 Å². The quantitative estimate of drug-likeness (QED) is 0.757. The zero-order chi connectivity index (χ0) is 12.0. The predicted octanol–water partition coefficient (Wildman–Crippen LogP) is 0.785. The first kappa shape index (κ1) is 13.5. The molecule has 0 spiro atoms. The molecule has 16 heavy (non-hydrogen) atoms. The van der Waals surface area contributed by atoms with Crippen LogP contribution in [0.1, 0.15) is 28.1 Å². The lowest BCUT2D eigenvalue weighted by Gasteiger charge is -2.34. The molecule has 1 aliphatic rings. The summed E-state index contributed by atoms with van der Waals surface area (Å²) < 4.78 is 0. The van der Waals surface area contributed by atoms with E-state index in [1.165, 1.54) is 0 Å². The Kier molecular flexibility index (Phi) is 5.77. The monoisotopic (exact) mass is 229 g/mol. The number of piperazine rings is 1. The van der Waals surface area contributed by atoms with Crippen LogP contribution in [0.25, 0.3) is 0 Å². The highest BCUT2D eigenvalue weighted by atomic mass is 16.1. The summed E-state index contributed by atoms with van der Waals surface area (Å²) in [6.45, 7) is 9.55. The molecule has 1 rings (SSSR count). The molecule has 0 unspecified atom stereocenters. The van der Waals surface area contributed by atoms with E-state index < -0.39 is 0 Å². The molecule has 1 N–H and O–H groups in total. The predicted molar refractivity (Wildman–Crippen MR) is 68.6 cm³/mol. The van der Waals surface area contributed by atoms with Crippen molar-refractivity contribution in [2.24, 2.45) is 0 Å². The summed E-state index contributed by atoms with van der Waals surface area (Å²) >= 11 is 0. The molecule has 1 fully saturated rings. The standard InChI is InChI=1S/C12H25N3O.H2/c1-4-11(13-12(16)5-2)10-15-8-6-14(3)7-9-15;/h11H,4-10H2,1-3H3,(H,13,16);1H/t11-;/m1./s1. The van der Waals surface area contributed by atoms with Gasteiger partial charge < -0.3 is 10.2 Å². The summed E-state index contributed by atoms with van der Waals surface area (Å²) in [5, 5.41) is 3.08. The van der Waals surface area contributed by atoms with Crippen molar-refractivity contribution in [3.63, 3.8) is 0 Å². The van der Waals surface area contributed by atoms with Crippen LogP contribution >= 0.6 is 0 Å². The minimum atomic E-state index is 0. The molecule has 4 nitrogen and oxygen atoms in total. The largest absolute Gasteiger partial charge is 0.352 e. The molecule has 4 heteroatoms. The van der Waals surface area contributed by atoms with Crippen molar-refractivity contribution in [1.82, 2.24) is 15.1 Å². The molecule has 0 radical (unpaired) electrons. The van der Waals surface area contributed by atoms with E-state index in [0.717, 1.165) is 39.1 Å². The second-order valence-corrected chi connectivity index (χ2v) is 4.63. The van der Waals surface area contributed by atoms with E-state index in [1.54, 1.807) is 0 Å². The third-order valence-electron chi connectivity index (χ3n) is 3.25. The number of likely N-dealkylation sites (N-methyl/N-ethyl adjacent to an activating group) is 1. The molecular weight excluding hydrogens is 202 g/mol. The number of nitrogens with one attached hydrogen (secondary N) is 1. The Balaban J connectivity index is 0.00000256. The van der Waals surface area contributed by atoms with Crippen molar-refractivity contribution in [3.05, 3.63) is 0 Å². The second-order valence-electron chi connectivity index (χ2n) is 4.63. The third-order valence-corrected chi connectivity index (χ3v) is 3.25. The first-order valence-corrected chi connectivity index (χ1v) is 6.36. The molecule has 1 amide bonds. The fraction of sp³-hybridized carbons (Fsp3) is 0.917. The number of rotatable bonds is 5. The maximum atomic E-state index is 11.3. The van der Waals surface area contributed by atoms with Gasteiger partial charge in [-0.15, -0.1) is 0 Å². The van der Waals surface area contributed by atoms with E-state index in [9.17, 15) is 4.79 Å². The van der Waals surface area contributed by atoms with E-state index in [-0.39, 0.29) is 7.33 Å². The van der Waals surface area contributed by atoms with Crippen molar-refractivity contribution in [3.8, 4) is 0 Å². The number of carbonyl (C=O) groups is 1. The van der Waals surface area contributed by atoms with E-state index in [2.05, 4.69) is 29.1 Å². The van der Waals surface area contributed by atoms with Crippen LogP contribution in [-0.4, -0.2) is 61.5 Å². The maximum absolute atomic E-state index is 11.3. The number of hydrogen-bond donors (Lipinski definition) is 1. The van der Waals surface area contributed by atoms with Gasteiger partial charge in [0.1, 0.15) is 0 Å². The minimum Gasteiger partial charge on any atom is -0.352 e. The van der Waals surface area contributed by atoms with Gasteiger partial charge in [-0.1, -0.05) is 13.8 Å². The molecule has 96 valence electrons. The lowest BCUT2D eigenvalue weighted by Crippen LogP contribution is -2.50. The molecule has 1 aliphatic heterocycles. The summed E-state index contributed by atoms with van der Waals surface area (Å²) in [7, 11) is 2.16. The van der Waals surface area contributed by atoms with E-state index in [0.29, 0.717) is 12.5 Å². The van der Waals surface area contributed by atoms with Gasteiger partial charge >= 0.3 is 0 Å². The average Bonchev–Trinajstić information content (AvgIpc) is 2.30. The molecule has 0 aromatic rings. The smallest absolute Gasteiger partial charge is 0.219 e. The minimum absolute atomic E-state index is 0. The van der Waals surface area contributed by atoms with Gasteiger partial charge in [0.2, 0.25) is 5.91 Å². The molecule has 0 aromatic carbocycles. The zero-order valence-corrected chi connectivity index (χ0v) is 10.8.